The maximum Gasteiger partial charge on any atom is 0.283 e. The molecule has 4 aromatic rings. The molecule has 1 aromatic heterocycles. The monoisotopic (exact) mass is 484 g/mol. The Hall–Kier alpha value is -3.58. The van der Waals surface area contributed by atoms with Crippen LogP contribution >= 0.6 is 11.8 Å². The summed E-state index contributed by atoms with van der Waals surface area (Å²) < 4.78 is 1.76. The second-order valence-electron chi connectivity index (χ2n) is 8.77. The Kier molecular flexibility index (Phi) is 6.86. The van der Waals surface area contributed by atoms with Crippen LogP contribution in [0.15, 0.2) is 88.7 Å². The Morgan fingerprint density at radius 2 is 1.57 bits per heavy atom. The van der Waals surface area contributed by atoms with E-state index in [1.54, 1.807) is 4.57 Å². The normalized spacial score (nSPS) is 13.9. The lowest BCUT2D eigenvalue weighted by Gasteiger charge is -2.36. The number of aromatic nitrogens is 2. The van der Waals surface area contributed by atoms with E-state index in [1.165, 1.54) is 23.0 Å². The molecule has 2 heterocycles. The van der Waals surface area contributed by atoms with Crippen molar-refractivity contribution in [3.63, 3.8) is 0 Å². The van der Waals surface area contributed by atoms with Gasteiger partial charge in [0.05, 0.1) is 23.3 Å². The number of piperazine rings is 1. The van der Waals surface area contributed by atoms with E-state index in [0.717, 1.165) is 29.7 Å². The minimum absolute atomic E-state index is 0.0437. The summed E-state index contributed by atoms with van der Waals surface area (Å²) >= 11 is 1.24. The predicted octanol–water partition coefficient (Wildman–Crippen LogP) is 4.19. The first-order valence-corrected chi connectivity index (χ1v) is 12.8. The summed E-state index contributed by atoms with van der Waals surface area (Å²) in [7, 11) is 0. The largest absolute Gasteiger partial charge is 0.368 e. The molecule has 35 heavy (non-hydrogen) atoms. The molecule has 1 aliphatic heterocycles. The van der Waals surface area contributed by atoms with Gasteiger partial charge in [-0.1, -0.05) is 71.9 Å². The van der Waals surface area contributed by atoms with E-state index in [0.29, 0.717) is 24.7 Å². The number of para-hydroxylation sites is 3. The van der Waals surface area contributed by atoms with Crippen molar-refractivity contribution < 1.29 is 4.79 Å². The molecule has 5 rings (SSSR count). The molecule has 178 valence electrons. The van der Waals surface area contributed by atoms with Crippen molar-refractivity contribution in [2.75, 3.05) is 36.8 Å². The van der Waals surface area contributed by atoms with E-state index < -0.39 is 0 Å². The standard InChI is InChI=1S/C28H28N4O2S/c1-21-11-13-22(14-12-21)19-32-25-10-6-5-9-24(25)29-27(28(32)34)35-20-26(33)31-17-15-30(16-18-31)23-7-3-2-4-8-23/h2-14H,15-20H2,1H3. The molecule has 0 N–H and O–H groups in total. The summed E-state index contributed by atoms with van der Waals surface area (Å²) in [6.45, 7) is 5.47. The lowest BCUT2D eigenvalue weighted by Crippen LogP contribution is -2.49. The third kappa shape index (κ3) is 5.25. The first-order chi connectivity index (χ1) is 17.1. The van der Waals surface area contributed by atoms with Crippen molar-refractivity contribution in [1.29, 1.82) is 0 Å². The molecule has 0 aliphatic carbocycles. The van der Waals surface area contributed by atoms with Gasteiger partial charge in [-0.2, -0.15) is 0 Å². The number of aryl methyl sites for hydroxylation is 1. The Morgan fingerprint density at radius 3 is 2.31 bits per heavy atom. The molecule has 0 unspecified atom stereocenters. The third-order valence-electron chi connectivity index (χ3n) is 6.37. The quantitative estimate of drug-likeness (QED) is 0.384. The summed E-state index contributed by atoms with van der Waals surface area (Å²) in [4.78, 5) is 35.1. The highest BCUT2D eigenvalue weighted by Crippen LogP contribution is 2.20. The Morgan fingerprint density at radius 1 is 0.886 bits per heavy atom. The number of thioether (sulfide) groups is 1. The predicted molar refractivity (Wildman–Crippen MR) is 142 cm³/mol. The van der Waals surface area contributed by atoms with Gasteiger partial charge in [-0.15, -0.1) is 0 Å². The van der Waals surface area contributed by atoms with E-state index in [1.807, 2.05) is 66.4 Å². The highest BCUT2D eigenvalue weighted by atomic mass is 32.2. The lowest BCUT2D eigenvalue weighted by molar-refractivity contribution is -0.128. The Labute approximate surface area is 209 Å². The van der Waals surface area contributed by atoms with Crippen LogP contribution in [0.25, 0.3) is 11.0 Å². The lowest BCUT2D eigenvalue weighted by atomic mass is 10.1. The smallest absolute Gasteiger partial charge is 0.283 e. The zero-order chi connectivity index (χ0) is 24.2. The van der Waals surface area contributed by atoms with Gasteiger partial charge in [0.15, 0.2) is 5.03 Å². The summed E-state index contributed by atoms with van der Waals surface area (Å²) in [6, 6.07) is 26.1. The van der Waals surface area contributed by atoms with Crippen LogP contribution in [-0.2, 0) is 11.3 Å². The van der Waals surface area contributed by atoms with Gasteiger partial charge in [-0.25, -0.2) is 4.98 Å². The zero-order valence-corrected chi connectivity index (χ0v) is 20.6. The van der Waals surface area contributed by atoms with Crippen molar-refractivity contribution in [3.05, 3.63) is 100 Å². The molecular weight excluding hydrogens is 456 g/mol. The summed E-state index contributed by atoms with van der Waals surface area (Å²) in [5, 5.41) is 0.368. The van der Waals surface area contributed by atoms with Crippen LogP contribution in [0.5, 0.6) is 0 Å². The Bertz CT molecular complexity index is 1380. The number of carbonyl (C=O) groups excluding carboxylic acids is 1. The number of nitrogens with zero attached hydrogens (tertiary/aromatic N) is 4. The van der Waals surface area contributed by atoms with Gasteiger partial charge in [0.25, 0.3) is 5.56 Å². The number of fused-ring (bicyclic) bond motifs is 1. The van der Waals surface area contributed by atoms with Gasteiger partial charge in [-0.3, -0.25) is 14.2 Å². The number of hydrogen-bond donors (Lipinski definition) is 0. The van der Waals surface area contributed by atoms with Gasteiger partial charge in [0, 0.05) is 31.9 Å². The van der Waals surface area contributed by atoms with Gasteiger partial charge in [0.2, 0.25) is 5.91 Å². The number of carbonyl (C=O) groups is 1. The first kappa shape index (κ1) is 23.2. The zero-order valence-electron chi connectivity index (χ0n) is 19.8. The molecule has 0 saturated carbocycles. The average Bonchev–Trinajstić information content (AvgIpc) is 2.91. The molecule has 3 aromatic carbocycles. The molecule has 0 spiro atoms. The van der Waals surface area contributed by atoms with Crippen LogP contribution in [0.1, 0.15) is 11.1 Å². The van der Waals surface area contributed by atoms with Crippen LogP contribution in [0, 0.1) is 6.92 Å². The molecular formula is C28H28N4O2S. The van der Waals surface area contributed by atoms with Crippen LogP contribution < -0.4 is 10.5 Å². The van der Waals surface area contributed by atoms with Crippen LogP contribution in [0.3, 0.4) is 0 Å². The van der Waals surface area contributed by atoms with E-state index in [2.05, 4.69) is 34.1 Å². The molecule has 1 fully saturated rings. The van der Waals surface area contributed by atoms with Crippen LogP contribution in [0.4, 0.5) is 5.69 Å². The third-order valence-corrected chi connectivity index (χ3v) is 7.30. The van der Waals surface area contributed by atoms with E-state index >= 15 is 0 Å². The molecule has 0 atom stereocenters. The SMILES string of the molecule is Cc1ccc(Cn2c(=O)c(SCC(=O)N3CCN(c4ccccc4)CC3)nc3ccccc32)cc1. The van der Waals surface area contributed by atoms with Gasteiger partial charge in [0.1, 0.15) is 0 Å². The molecule has 1 saturated heterocycles. The van der Waals surface area contributed by atoms with Crippen LogP contribution in [-0.4, -0.2) is 52.3 Å². The average molecular weight is 485 g/mol. The fraction of sp³-hybridized carbons (Fsp3) is 0.250. The molecule has 6 nitrogen and oxygen atoms in total. The van der Waals surface area contributed by atoms with E-state index in [9.17, 15) is 9.59 Å². The van der Waals surface area contributed by atoms with Crippen LogP contribution in [0.2, 0.25) is 0 Å². The van der Waals surface area contributed by atoms with E-state index in [-0.39, 0.29) is 17.2 Å². The first-order valence-electron chi connectivity index (χ1n) is 11.8. The summed E-state index contributed by atoms with van der Waals surface area (Å²) in [5.74, 6) is 0.248. The highest BCUT2D eigenvalue weighted by molar-refractivity contribution is 7.99. The molecule has 0 radical (unpaired) electrons. The van der Waals surface area contributed by atoms with Crippen molar-refractivity contribution in [2.24, 2.45) is 0 Å². The minimum Gasteiger partial charge on any atom is -0.368 e. The fourth-order valence-electron chi connectivity index (χ4n) is 4.37. The maximum atomic E-state index is 13.4. The topological polar surface area (TPSA) is 58.4 Å². The number of anilines is 1. The number of amides is 1. The molecule has 1 aliphatic rings. The maximum absolute atomic E-state index is 13.4. The fourth-order valence-corrected chi connectivity index (χ4v) is 5.21. The van der Waals surface area contributed by atoms with Crippen molar-refractivity contribution in [2.45, 2.75) is 18.5 Å². The van der Waals surface area contributed by atoms with Gasteiger partial charge < -0.3 is 9.80 Å². The van der Waals surface area contributed by atoms with Gasteiger partial charge >= 0.3 is 0 Å². The number of benzene rings is 3. The highest BCUT2D eigenvalue weighted by Gasteiger charge is 2.22. The molecule has 7 heteroatoms. The molecule has 0 bridgehead atoms. The number of hydrogen-bond acceptors (Lipinski definition) is 5. The van der Waals surface area contributed by atoms with E-state index in [4.69, 9.17) is 0 Å². The van der Waals surface area contributed by atoms with Crippen molar-refractivity contribution in [3.8, 4) is 0 Å². The molecule has 1 amide bonds. The minimum atomic E-state index is -0.157. The van der Waals surface area contributed by atoms with Gasteiger partial charge in [-0.05, 0) is 36.8 Å². The summed E-state index contributed by atoms with van der Waals surface area (Å²) in [5.41, 5.74) is 4.81. The summed E-state index contributed by atoms with van der Waals surface area (Å²) in [6.07, 6.45) is 0. The van der Waals surface area contributed by atoms with Crippen molar-refractivity contribution >= 4 is 34.4 Å². The number of rotatable bonds is 6. The Balaban J connectivity index is 1.29. The second-order valence-corrected chi connectivity index (χ2v) is 9.74. The van der Waals surface area contributed by atoms with Crippen molar-refractivity contribution in [1.82, 2.24) is 14.5 Å². The second kappa shape index (κ2) is 10.4.